The van der Waals surface area contributed by atoms with Gasteiger partial charge < -0.3 is 9.47 Å². The lowest BCUT2D eigenvalue weighted by molar-refractivity contribution is 0.0768. The van der Waals surface area contributed by atoms with E-state index in [4.69, 9.17) is 14.7 Å². The van der Waals surface area contributed by atoms with E-state index in [2.05, 4.69) is 6.07 Å². The first-order valence-corrected chi connectivity index (χ1v) is 8.53. The van der Waals surface area contributed by atoms with Crippen LogP contribution < -0.4 is 9.47 Å². The van der Waals surface area contributed by atoms with Gasteiger partial charge in [0, 0.05) is 12.5 Å². The summed E-state index contributed by atoms with van der Waals surface area (Å²) < 4.78 is 11.8. The van der Waals surface area contributed by atoms with Crippen LogP contribution in [-0.2, 0) is 0 Å². The van der Waals surface area contributed by atoms with Gasteiger partial charge in [0.2, 0.25) is 0 Å². The molecule has 0 saturated carbocycles. The first kappa shape index (κ1) is 17.0. The minimum absolute atomic E-state index is 0.0338. The van der Waals surface area contributed by atoms with Crippen LogP contribution in [0.15, 0.2) is 48.5 Å². The van der Waals surface area contributed by atoms with E-state index in [-0.39, 0.29) is 23.9 Å². The summed E-state index contributed by atoms with van der Waals surface area (Å²) in [4.78, 5) is 13.1. The normalized spacial score (nSPS) is 19.0. The van der Waals surface area contributed by atoms with Gasteiger partial charge in [-0.1, -0.05) is 30.3 Å². The number of ketones is 1. The van der Waals surface area contributed by atoms with Crippen molar-refractivity contribution < 1.29 is 14.3 Å². The van der Waals surface area contributed by atoms with Gasteiger partial charge >= 0.3 is 0 Å². The van der Waals surface area contributed by atoms with Crippen LogP contribution in [0, 0.1) is 11.3 Å². The minimum Gasteiger partial charge on any atom is -0.491 e. The molecule has 0 N–H and O–H groups in total. The lowest BCUT2D eigenvalue weighted by Crippen LogP contribution is -2.36. The van der Waals surface area contributed by atoms with E-state index in [1.807, 2.05) is 44.2 Å². The number of nitrogens with zero attached hydrogens (tertiary/aromatic N) is 1. The van der Waals surface area contributed by atoms with Crippen molar-refractivity contribution in [3.8, 4) is 17.6 Å². The summed E-state index contributed by atoms with van der Waals surface area (Å²) in [5.41, 5.74) is 1.49. The van der Waals surface area contributed by atoms with Crippen LogP contribution >= 0.6 is 0 Å². The molecule has 0 spiro atoms. The Morgan fingerprint density at radius 2 is 1.96 bits per heavy atom. The van der Waals surface area contributed by atoms with Crippen LogP contribution in [0.3, 0.4) is 0 Å². The smallest absolute Gasteiger partial charge is 0.177 e. The van der Waals surface area contributed by atoms with E-state index >= 15 is 0 Å². The molecule has 2 atom stereocenters. The highest BCUT2D eigenvalue weighted by Crippen LogP contribution is 2.39. The second kappa shape index (κ2) is 7.40. The van der Waals surface area contributed by atoms with E-state index in [1.54, 1.807) is 18.2 Å². The Morgan fingerprint density at radius 1 is 1.20 bits per heavy atom. The number of nitriles is 1. The topological polar surface area (TPSA) is 59.3 Å². The summed E-state index contributed by atoms with van der Waals surface area (Å²) in [6.45, 7) is 3.90. The molecule has 128 valence electrons. The maximum absolute atomic E-state index is 13.1. The second-order valence-corrected chi connectivity index (χ2v) is 6.43. The molecule has 3 rings (SSSR count). The third-order valence-corrected chi connectivity index (χ3v) is 4.22. The number of benzene rings is 2. The van der Waals surface area contributed by atoms with Crippen molar-refractivity contribution in [3.63, 3.8) is 0 Å². The van der Waals surface area contributed by atoms with Crippen LogP contribution in [-0.4, -0.2) is 18.0 Å². The van der Waals surface area contributed by atoms with Gasteiger partial charge in [-0.25, -0.2) is 0 Å². The van der Waals surface area contributed by atoms with Gasteiger partial charge in [-0.3, -0.25) is 4.79 Å². The quantitative estimate of drug-likeness (QED) is 0.807. The number of hydrogen-bond acceptors (Lipinski definition) is 4. The van der Waals surface area contributed by atoms with Crippen molar-refractivity contribution in [3.05, 3.63) is 59.7 Å². The molecule has 0 radical (unpaired) electrons. The molecule has 25 heavy (non-hydrogen) atoms. The molecular weight excluding hydrogens is 314 g/mol. The third-order valence-electron chi connectivity index (χ3n) is 4.22. The van der Waals surface area contributed by atoms with Gasteiger partial charge in [0.1, 0.15) is 17.6 Å². The number of rotatable bonds is 5. The van der Waals surface area contributed by atoms with E-state index < -0.39 is 0 Å². The SMILES string of the molecule is CC(C)Oc1ccc2c(c1)O[C@@H](CCC#N)[C@H](c1ccccc1)C2=O. The van der Waals surface area contributed by atoms with Crippen LogP contribution in [0.4, 0.5) is 0 Å². The zero-order chi connectivity index (χ0) is 17.8. The van der Waals surface area contributed by atoms with E-state index in [0.29, 0.717) is 29.9 Å². The highest BCUT2D eigenvalue weighted by molar-refractivity contribution is 6.04. The summed E-state index contributed by atoms with van der Waals surface area (Å²) in [6, 6.07) is 17.1. The van der Waals surface area contributed by atoms with Gasteiger partial charge in [-0.2, -0.15) is 5.26 Å². The summed E-state index contributed by atoms with van der Waals surface area (Å²) in [7, 11) is 0. The van der Waals surface area contributed by atoms with E-state index in [9.17, 15) is 4.79 Å². The highest BCUT2D eigenvalue weighted by atomic mass is 16.5. The lowest BCUT2D eigenvalue weighted by Gasteiger charge is -2.33. The fraction of sp³-hybridized carbons (Fsp3) is 0.333. The Labute approximate surface area is 148 Å². The molecule has 0 saturated heterocycles. The summed E-state index contributed by atoms with van der Waals surface area (Å²) >= 11 is 0. The molecule has 4 heteroatoms. The van der Waals surface area contributed by atoms with Gasteiger partial charge in [-0.15, -0.1) is 0 Å². The highest BCUT2D eigenvalue weighted by Gasteiger charge is 2.38. The number of carbonyl (C=O) groups excluding carboxylic acids is 1. The number of fused-ring (bicyclic) bond motifs is 1. The molecule has 2 aromatic rings. The number of carbonyl (C=O) groups is 1. The zero-order valence-electron chi connectivity index (χ0n) is 14.4. The van der Waals surface area contributed by atoms with Gasteiger partial charge in [-0.05, 0) is 38.0 Å². The first-order valence-electron chi connectivity index (χ1n) is 8.53. The van der Waals surface area contributed by atoms with Gasteiger partial charge in [0.25, 0.3) is 0 Å². The fourth-order valence-electron chi connectivity index (χ4n) is 3.18. The average molecular weight is 335 g/mol. The standard InChI is InChI=1S/C21H21NO3/c1-14(2)24-16-10-11-17-19(13-16)25-18(9-6-12-22)20(21(17)23)15-7-4-3-5-8-15/h3-5,7-8,10-11,13-14,18,20H,6,9H2,1-2H3/t18-,20-/m0/s1. The average Bonchev–Trinajstić information content (AvgIpc) is 2.60. The minimum atomic E-state index is -0.390. The van der Waals surface area contributed by atoms with Crippen molar-refractivity contribution in [1.29, 1.82) is 5.26 Å². The Balaban J connectivity index is 1.98. The fourth-order valence-corrected chi connectivity index (χ4v) is 3.18. The van der Waals surface area contributed by atoms with Gasteiger partial charge in [0.15, 0.2) is 5.78 Å². The van der Waals surface area contributed by atoms with E-state index in [0.717, 1.165) is 5.56 Å². The molecule has 0 amide bonds. The molecule has 0 bridgehead atoms. The second-order valence-electron chi connectivity index (χ2n) is 6.43. The van der Waals surface area contributed by atoms with Crippen molar-refractivity contribution >= 4 is 5.78 Å². The molecular formula is C21H21NO3. The molecule has 2 aromatic carbocycles. The van der Waals surface area contributed by atoms with E-state index in [1.165, 1.54) is 0 Å². The van der Waals surface area contributed by atoms with Crippen molar-refractivity contribution in [1.82, 2.24) is 0 Å². The third kappa shape index (κ3) is 3.66. The zero-order valence-corrected chi connectivity index (χ0v) is 14.4. The molecule has 0 aliphatic carbocycles. The molecule has 0 unspecified atom stereocenters. The first-order chi connectivity index (χ1) is 12.1. The van der Waals surface area contributed by atoms with Crippen LogP contribution in [0.5, 0.6) is 11.5 Å². The molecule has 0 fully saturated rings. The largest absolute Gasteiger partial charge is 0.491 e. The van der Waals surface area contributed by atoms with Crippen LogP contribution in [0.2, 0.25) is 0 Å². The Hall–Kier alpha value is -2.80. The number of Topliss-reactive ketones (excluding diaryl/α,β-unsaturated/α-hetero) is 1. The Morgan fingerprint density at radius 3 is 2.64 bits per heavy atom. The molecule has 1 heterocycles. The van der Waals surface area contributed by atoms with Crippen molar-refractivity contribution in [2.24, 2.45) is 0 Å². The maximum Gasteiger partial charge on any atom is 0.177 e. The Bertz CT molecular complexity index is 793. The summed E-state index contributed by atoms with van der Waals surface area (Å²) in [5, 5.41) is 8.95. The van der Waals surface area contributed by atoms with Crippen molar-refractivity contribution in [2.45, 2.75) is 44.8 Å². The molecule has 1 aliphatic heterocycles. The Kier molecular flexibility index (Phi) is 5.04. The summed E-state index contributed by atoms with van der Waals surface area (Å²) in [6.07, 6.45) is 0.551. The monoisotopic (exact) mass is 335 g/mol. The number of hydrogen-bond donors (Lipinski definition) is 0. The van der Waals surface area contributed by atoms with Gasteiger partial charge in [0.05, 0.1) is 23.7 Å². The van der Waals surface area contributed by atoms with Crippen LogP contribution in [0.25, 0.3) is 0 Å². The van der Waals surface area contributed by atoms with Crippen LogP contribution in [0.1, 0.15) is 48.5 Å². The summed E-state index contributed by atoms with van der Waals surface area (Å²) in [5.74, 6) is 0.863. The predicted octanol–water partition coefficient (Wildman–Crippen LogP) is 4.51. The lowest BCUT2D eigenvalue weighted by atomic mass is 9.82. The molecule has 0 aromatic heterocycles. The maximum atomic E-state index is 13.1. The molecule has 1 aliphatic rings. The number of ether oxygens (including phenoxy) is 2. The predicted molar refractivity (Wildman–Crippen MR) is 95.0 cm³/mol. The molecule has 4 nitrogen and oxygen atoms in total. The van der Waals surface area contributed by atoms with Crippen molar-refractivity contribution in [2.75, 3.05) is 0 Å².